The van der Waals surface area contributed by atoms with Crippen LogP contribution in [0, 0.1) is 0 Å². The Bertz CT molecular complexity index is 396. The Morgan fingerprint density at radius 1 is 1.17 bits per heavy atom. The molecule has 1 aromatic carbocycles. The molecule has 0 saturated carbocycles. The quantitative estimate of drug-likeness (QED) is 0.411. The number of nitrogens with one attached hydrogen (secondary N) is 1. The van der Waals surface area contributed by atoms with Crippen LogP contribution in [0.4, 0.5) is 0 Å². The van der Waals surface area contributed by atoms with Gasteiger partial charge in [-0.3, -0.25) is 4.79 Å². The zero-order chi connectivity index (χ0) is 13.4. The van der Waals surface area contributed by atoms with Crippen LogP contribution in [0.5, 0.6) is 11.5 Å². The van der Waals surface area contributed by atoms with Crippen molar-refractivity contribution in [3.05, 3.63) is 23.8 Å². The summed E-state index contributed by atoms with van der Waals surface area (Å²) in [6, 6.07) is 4.35. The van der Waals surface area contributed by atoms with Gasteiger partial charge in [0, 0.05) is 11.9 Å². The maximum absolute atomic E-state index is 11.7. The van der Waals surface area contributed by atoms with Crippen LogP contribution in [-0.2, 0) is 0 Å². The SMILES string of the molecule is O=C(NCCCCCCBr)c1cccc(O)c1O. The summed E-state index contributed by atoms with van der Waals surface area (Å²) in [5.74, 6) is -1.00. The lowest BCUT2D eigenvalue weighted by atomic mass is 10.1. The normalized spacial score (nSPS) is 10.3. The molecule has 0 aromatic heterocycles. The number of amides is 1. The third-order valence-corrected chi connectivity index (χ3v) is 3.17. The smallest absolute Gasteiger partial charge is 0.255 e. The molecule has 18 heavy (non-hydrogen) atoms. The van der Waals surface area contributed by atoms with Crippen LogP contribution in [-0.4, -0.2) is 28.0 Å². The number of unbranched alkanes of at least 4 members (excludes halogenated alkanes) is 3. The fraction of sp³-hybridized carbons (Fsp3) is 0.462. The van der Waals surface area contributed by atoms with Gasteiger partial charge in [-0.15, -0.1) is 0 Å². The Morgan fingerprint density at radius 3 is 2.61 bits per heavy atom. The molecule has 5 heteroatoms. The van der Waals surface area contributed by atoms with Crippen molar-refractivity contribution in [2.45, 2.75) is 25.7 Å². The zero-order valence-electron chi connectivity index (χ0n) is 10.2. The molecule has 0 saturated heterocycles. The summed E-state index contributed by atoms with van der Waals surface area (Å²) < 4.78 is 0. The van der Waals surface area contributed by atoms with Gasteiger partial charge >= 0.3 is 0 Å². The number of carbonyl (C=O) groups is 1. The molecule has 100 valence electrons. The zero-order valence-corrected chi connectivity index (χ0v) is 11.7. The summed E-state index contributed by atoms with van der Waals surface area (Å²) in [6.07, 6.45) is 4.26. The minimum Gasteiger partial charge on any atom is -0.504 e. The van der Waals surface area contributed by atoms with E-state index in [9.17, 15) is 15.0 Å². The van der Waals surface area contributed by atoms with Crippen molar-refractivity contribution in [1.82, 2.24) is 5.32 Å². The Balaban J connectivity index is 2.35. The topological polar surface area (TPSA) is 69.6 Å². The molecule has 0 aliphatic heterocycles. The maximum Gasteiger partial charge on any atom is 0.255 e. The molecule has 0 aliphatic rings. The highest BCUT2D eigenvalue weighted by atomic mass is 79.9. The van der Waals surface area contributed by atoms with E-state index in [-0.39, 0.29) is 23.0 Å². The number of halogens is 1. The highest BCUT2D eigenvalue weighted by Crippen LogP contribution is 2.27. The molecule has 0 radical (unpaired) electrons. The lowest BCUT2D eigenvalue weighted by Crippen LogP contribution is -2.24. The van der Waals surface area contributed by atoms with Crippen molar-refractivity contribution in [3.8, 4) is 11.5 Å². The summed E-state index contributed by atoms with van der Waals surface area (Å²) in [7, 11) is 0. The Kier molecular flexibility index (Phi) is 6.57. The van der Waals surface area contributed by atoms with Crippen LogP contribution in [0.15, 0.2) is 18.2 Å². The summed E-state index contributed by atoms with van der Waals surface area (Å²) in [5, 5.41) is 22.5. The van der Waals surface area contributed by atoms with Crippen LogP contribution in [0.1, 0.15) is 36.0 Å². The Labute approximate surface area is 115 Å². The van der Waals surface area contributed by atoms with Crippen LogP contribution >= 0.6 is 15.9 Å². The second-order valence-electron chi connectivity index (χ2n) is 4.03. The third kappa shape index (κ3) is 4.56. The summed E-state index contributed by atoms with van der Waals surface area (Å²) in [4.78, 5) is 11.7. The van der Waals surface area contributed by atoms with Gasteiger partial charge in [0.15, 0.2) is 11.5 Å². The van der Waals surface area contributed by atoms with Crippen LogP contribution < -0.4 is 5.32 Å². The first-order valence-corrected chi connectivity index (χ1v) is 7.14. The summed E-state index contributed by atoms with van der Waals surface area (Å²) >= 11 is 3.37. The van der Waals surface area contributed by atoms with Gasteiger partial charge in [0.1, 0.15) is 0 Å². The molecule has 0 heterocycles. The van der Waals surface area contributed by atoms with E-state index in [1.165, 1.54) is 18.2 Å². The number of benzene rings is 1. The number of rotatable bonds is 7. The first-order valence-electron chi connectivity index (χ1n) is 6.02. The van der Waals surface area contributed by atoms with Gasteiger partial charge in [-0.1, -0.05) is 34.8 Å². The molecule has 0 fully saturated rings. The molecular formula is C13H18BrNO3. The fourth-order valence-corrected chi connectivity index (χ4v) is 1.98. The second kappa shape index (κ2) is 7.97. The average molecular weight is 316 g/mol. The van der Waals surface area contributed by atoms with E-state index in [0.717, 1.165) is 31.0 Å². The van der Waals surface area contributed by atoms with E-state index < -0.39 is 0 Å². The van der Waals surface area contributed by atoms with Gasteiger partial charge in [0.05, 0.1) is 5.56 Å². The highest BCUT2D eigenvalue weighted by molar-refractivity contribution is 9.09. The standard InChI is InChI=1S/C13H18BrNO3/c14-8-3-1-2-4-9-15-13(18)10-6-5-7-11(16)12(10)17/h5-7,16-17H,1-4,8-9H2,(H,15,18). The summed E-state index contributed by atoms with van der Waals surface area (Å²) in [6.45, 7) is 0.580. The molecule has 0 atom stereocenters. The number of phenolic OH excluding ortho intramolecular Hbond substituents is 2. The highest BCUT2D eigenvalue weighted by Gasteiger charge is 2.12. The number of aromatic hydroxyl groups is 2. The van der Waals surface area contributed by atoms with Crippen molar-refractivity contribution < 1.29 is 15.0 Å². The van der Waals surface area contributed by atoms with E-state index in [1.807, 2.05) is 0 Å². The van der Waals surface area contributed by atoms with Crippen LogP contribution in [0.2, 0.25) is 0 Å². The van der Waals surface area contributed by atoms with E-state index in [0.29, 0.717) is 6.54 Å². The van der Waals surface area contributed by atoms with Crippen molar-refractivity contribution in [2.75, 3.05) is 11.9 Å². The second-order valence-corrected chi connectivity index (χ2v) is 4.83. The molecule has 1 amide bonds. The monoisotopic (exact) mass is 315 g/mol. The average Bonchev–Trinajstić information content (AvgIpc) is 2.36. The molecule has 0 aliphatic carbocycles. The van der Waals surface area contributed by atoms with E-state index >= 15 is 0 Å². The Morgan fingerprint density at radius 2 is 1.89 bits per heavy atom. The first kappa shape index (κ1) is 14.8. The van der Waals surface area contributed by atoms with Gasteiger partial charge in [-0.2, -0.15) is 0 Å². The largest absolute Gasteiger partial charge is 0.504 e. The first-order chi connectivity index (χ1) is 8.66. The van der Waals surface area contributed by atoms with Crippen molar-refractivity contribution in [3.63, 3.8) is 0 Å². The minimum atomic E-state index is -0.366. The van der Waals surface area contributed by atoms with Crippen molar-refractivity contribution in [2.24, 2.45) is 0 Å². The van der Waals surface area contributed by atoms with Crippen LogP contribution in [0.25, 0.3) is 0 Å². The van der Waals surface area contributed by atoms with Gasteiger partial charge in [0.2, 0.25) is 0 Å². The molecule has 0 unspecified atom stereocenters. The number of alkyl halides is 1. The van der Waals surface area contributed by atoms with Crippen LogP contribution in [0.3, 0.4) is 0 Å². The van der Waals surface area contributed by atoms with Gasteiger partial charge in [-0.05, 0) is 25.0 Å². The number of para-hydroxylation sites is 1. The van der Waals surface area contributed by atoms with E-state index in [1.54, 1.807) is 0 Å². The van der Waals surface area contributed by atoms with E-state index in [4.69, 9.17) is 0 Å². The minimum absolute atomic E-state index is 0.107. The molecular weight excluding hydrogens is 298 g/mol. The molecule has 1 aromatic rings. The Hall–Kier alpha value is -1.23. The van der Waals surface area contributed by atoms with Gasteiger partial charge < -0.3 is 15.5 Å². The molecule has 3 N–H and O–H groups in total. The number of hydrogen-bond acceptors (Lipinski definition) is 3. The lowest BCUT2D eigenvalue weighted by Gasteiger charge is -2.07. The van der Waals surface area contributed by atoms with Gasteiger partial charge in [-0.25, -0.2) is 0 Å². The van der Waals surface area contributed by atoms with Crippen molar-refractivity contribution >= 4 is 21.8 Å². The fourth-order valence-electron chi connectivity index (χ4n) is 1.58. The number of phenols is 2. The molecule has 1 rings (SSSR count). The predicted molar refractivity (Wildman–Crippen MR) is 74.4 cm³/mol. The molecule has 0 bridgehead atoms. The number of hydrogen-bond donors (Lipinski definition) is 3. The lowest BCUT2D eigenvalue weighted by molar-refractivity contribution is 0.0949. The van der Waals surface area contributed by atoms with Crippen molar-refractivity contribution in [1.29, 1.82) is 0 Å². The number of carbonyl (C=O) groups excluding carboxylic acids is 1. The van der Waals surface area contributed by atoms with Gasteiger partial charge in [0.25, 0.3) is 5.91 Å². The molecule has 0 spiro atoms. The summed E-state index contributed by atoms with van der Waals surface area (Å²) in [5.41, 5.74) is 0.107. The maximum atomic E-state index is 11.7. The predicted octanol–water partition coefficient (Wildman–Crippen LogP) is 2.78. The third-order valence-electron chi connectivity index (χ3n) is 2.61. The molecule has 4 nitrogen and oxygen atoms in total. The van der Waals surface area contributed by atoms with E-state index in [2.05, 4.69) is 21.2 Å².